The standard InChI is InChI=1S/C13H16Cl2N2/c1-3-10(16)12-8-5-7(14)6-9(15)13(8)17-11(12)4-2/h5-6,10,17H,3-4,16H2,1-2H3. The molecule has 92 valence electrons. The van der Waals surface area contributed by atoms with Crippen LogP contribution in [0.2, 0.25) is 10.0 Å². The summed E-state index contributed by atoms with van der Waals surface area (Å²) in [6.07, 6.45) is 1.80. The molecule has 0 aliphatic carbocycles. The third-order valence-electron chi connectivity index (χ3n) is 3.11. The first-order valence-electron chi connectivity index (χ1n) is 5.83. The Morgan fingerprint density at radius 3 is 2.59 bits per heavy atom. The van der Waals surface area contributed by atoms with Gasteiger partial charge in [0, 0.05) is 22.1 Å². The Labute approximate surface area is 111 Å². The van der Waals surface area contributed by atoms with E-state index in [-0.39, 0.29) is 6.04 Å². The van der Waals surface area contributed by atoms with E-state index in [9.17, 15) is 0 Å². The fraction of sp³-hybridized carbons (Fsp3) is 0.385. The van der Waals surface area contributed by atoms with Gasteiger partial charge in [-0.25, -0.2) is 0 Å². The Morgan fingerprint density at radius 1 is 1.29 bits per heavy atom. The summed E-state index contributed by atoms with van der Waals surface area (Å²) in [5, 5.41) is 2.35. The minimum atomic E-state index is 0.0215. The molecule has 0 radical (unpaired) electrons. The van der Waals surface area contributed by atoms with Crippen LogP contribution in [0.15, 0.2) is 12.1 Å². The summed E-state index contributed by atoms with van der Waals surface area (Å²) in [7, 11) is 0. The van der Waals surface area contributed by atoms with E-state index in [0.29, 0.717) is 10.0 Å². The summed E-state index contributed by atoms with van der Waals surface area (Å²) in [4.78, 5) is 3.35. The molecule has 4 heteroatoms. The second-order valence-corrected chi connectivity index (χ2v) is 5.04. The molecule has 3 N–H and O–H groups in total. The van der Waals surface area contributed by atoms with Crippen molar-refractivity contribution in [2.75, 3.05) is 0 Å². The minimum Gasteiger partial charge on any atom is -0.357 e. The van der Waals surface area contributed by atoms with Gasteiger partial charge in [-0.15, -0.1) is 0 Å². The van der Waals surface area contributed by atoms with E-state index in [4.69, 9.17) is 28.9 Å². The van der Waals surface area contributed by atoms with Gasteiger partial charge in [-0.1, -0.05) is 37.0 Å². The number of nitrogens with one attached hydrogen (secondary N) is 1. The fourth-order valence-corrected chi connectivity index (χ4v) is 2.74. The first-order chi connectivity index (χ1) is 8.08. The highest BCUT2D eigenvalue weighted by Crippen LogP contribution is 2.35. The van der Waals surface area contributed by atoms with E-state index >= 15 is 0 Å². The van der Waals surface area contributed by atoms with Gasteiger partial charge in [0.05, 0.1) is 10.5 Å². The number of hydrogen-bond acceptors (Lipinski definition) is 1. The summed E-state index contributed by atoms with van der Waals surface area (Å²) >= 11 is 12.3. The van der Waals surface area contributed by atoms with Crippen LogP contribution in [0.5, 0.6) is 0 Å². The highest BCUT2D eigenvalue weighted by Gasteiger charge is 2.17. The van der Waals surface area contributed by atoms with Crippen molar-refractivity contribution in [3.63, 3.8) is 0 Å². The molecule has 0 saturated heterocycles. The largest absolute Gasteiger partial charge is 0.357 e. The van der Waals surface area contributed by atoms with Crippen molar-refractivity contribution in [3.05, 3.63) is 33.4 Å². The van der Waals surface area contributed by atoms with Gasteiger partial charge < -0.3 is 10.7 Å². The van der Waals surface area contributed by atoms with Crippen LogP contribution in [0.3, 0.4) is 0 Å². The van der Waals surface area contributed by atoms with Crippen molar-refractivity contribution in [2.45, 2.75) is 32.7 Å². The smallest absolute Gasteiger partial charge is 0.0662 e. The quantitative estimate of drug-likeness (QED) is 0.851. The molecule has 17 heavy (non-hydrogen) atoms. The van der Waals surface area contributed by atoms with Gasteiger partial charge in [-0.05, 0) is 30.5 Å². The Hall–Kier alpha value is -0.700. The third-order valence-corrected chi connectivity index (χ3v) is 3.63. The number of rotatable bonds is 3. The van der Waals surface area contributed by atoms with Gasteiger partial charge in [0.1, 0.15) is 0 Å². The highest BCUT2D eigenvalue weighted by molar-refractivity contribution is 6.38. The monoisotopic (exact) mass is 270 g/mol. The fourth-order valence-electron chi connectivity index (χ4n) is 2.20. The maximum absolute atomic E-state index is 6.20. The predicted octanol–water partition coefficient (Wildman–Crippen LogP) is 4.45. The SMILES string of the molecule is CCc1[nH]c2c(Cl)cc(Cl)cc2c1C(N)CC. The number of fused-ring (bicyclic) bond motifs is 1. The number of benzene rings is 1. The van der Waals surface area contributed by atoms with Gasteiger partial charge >= 0.3 is 0 Å². The zero-order chi connectivity index (χ0) is 12.6. The second kappa shape index (κ2) is 4.89. The maximum Gasteiger partial charge on any atom is 0.0662 e. The van der Waals surface area contributed by atoms with Gasteiger partial charge in [0.15, 0.2) is 0 Å². The number of aromatic nitrogens is 1. The van der Waals surface area contributed by atoms with Crippen molar-refractivity contribution in [2.24, 2.45) is 5.73 Å². The first kappa shape index (κ1) is 12.7. The van der Waals surface area contributed by atoms with Crippen molar-refractivity contribution >= 4 is 34.1 Å². The van der Waals surface area contributed by atoms with Crippen molar-refractivity contribution in [1.29, 1.82) is 0 Å². The summed E-state index contributed by atoms with van der Waals surface area (Å²) < 4.78 is 0. The number of halogens is 2. The Kier molecular flexibility index (Phi) is 3.67. The molecule has 2 nitrogen and oxygen atoms in total. The summed E-state index contributed by atoms with van der Waals surface area (Å²) in [5.41, 5.74) is 9.41. The lowest BCUT2D eigenvalue weighted by Crippen LogP contribution is -2.10. The van der Waals surface area contributed by atoms with Crippen LogP contribution < -0.4 is 5.73 Å². The molecule has 1 heterocycles. The number of nitrogens with two attached hydrogens (primary N) is 1. The van der Waals surface area contributed by atoms with Crippen LogP contribution in [0, 0.1) is 0 Å². The Balaban J connectivity index is 2.78. The molecule has 2 rings (SSSR count). The molecule has 0 amide bonds. The zero-order valence-corrected chi connectivity index (χ0v) is 11.5. The number of H-pyrrole nitrogens is 1. The number of aromatic amines is 1. The van der Waals surface area contributed by atoms with E-state index in [2.05, 4.69) is 18.8 Å². The summed E-state index contributed by atoms with van der Waals surface area (Å²) in [5.74, 6) is 0. The Bertz CT molecular complexity index is 546. The molecule has 1 atom stereocenters. The molecule has 0 aliphatic rings. The normalized spacial score (nSPS) is 13.2. The van der Waals surface area contributed by atoms with Gasteiger partial charge in [-0.2, -0.15) is 0 Å². The Morgan fingerprint density at radius 2 is 2.00 bits per heavy atom. The molecular weight excluding hydrogens is 255 g/mol. The average Bonchev–Trinajstić information content (AvgIpc) is 2.66. The average molecular weight is 271 g/mol. The lowest BCUT2D eigenvalue weighted by Gasteiger charge is -2.10. The molecule has 0 fully saturated rings. The van der Waals surface area contributed by atoms with Crippen molar-refractivity contribution in [1.82, 2.24) is 4.98 Å². The van der Waals surface area contributed by atoms with E-state index in [0.717, 1.165) is 35.0 Å². The topological polar surface area (TPSA) is 41.8 Å². The van der Waals surface area contributed by atoms with Gasteiger partial charge in [-0.3, -0.25) is 0 Å². The third kappa shape index (κ3) is 2.17. The minimum absolute atomic E-state index is 0.0215. The van der Waals surface area contributed by atoms with E-state index in [1.54, 1.807) is 6.07 Å². The van der Waals surface area contributed by atoms with Crippen LogP contribution >= 0.6 is 23.2 Å². The molecule has 1 unspecified atom stereocenters. The van der Waals surface area contributed by atoms with Crippen LogP contribution in [0.25, 0.3) is 10.9 Å². The molecule has 2 aromatic rings. The van der Waals surface area contributed by atoms with Gasteiger partial charge in [0.2, 0.25) is 0 Å². The highest BCUT2D eigenvalue weighted by atomic mass is 35.5. The number of aryl methyl sites for hydroxylation is 1. The molecular formula is C13H16Cl2N2. The second-order valence-electron chi connectivity index (χ2n) is 4.20. The lowest BCUT2D eigenvalue weighted by atomic mass is 10.0. The summed E-state index contributed by atoms with van der Waals surface area (Å²) in [6.45, 7) is 4.18. The first-order valence-corrected chi connectivity index (χ1v) is 6.59. The molecule has 1 aromatic heterocycles. The van der Waals surface area contributed by atoms with Crippen LogP contribution in [0.4, 0.5) is 0 Å². The number of hydrogen-bond donors (Lipinski definition) is 2. The van der Waals surface area contributed by atoms with Crippen LogP contribution in [-0.4, -0.2) is 4.98 Å². The van der Waals surface area contributed by atoms with Crippen LogP contribution in [0.1, 0.15) is 37.6 Å². The van der Waals surface area contributed by atoms with E-state index < -0.39 is 0 Å². The van der Waals surface area contributed by atoms with E-state index in [1.165, 1.54) is 0 Å². The van der Waals surface area contributed by atoms with Crippen molar-refractivity contribution < 1.29 is 0 Å². The lowest BCUT2D eigenvalue weighted by molar-refractivity contribution is 0.694. The molecule has 0 bridgehead atoms. The molecule has 0 aliphatic heterocycles. The zero-order valence-electron chi connectivity index (χ0n) is 9.98. The van der Waals surface area contributed by atoms with Crippen molar-refractivity contribution in [3.8, 4) is 0 Å². The molecule has 0 spiro atoms. The molecule has 0 saturated carbocycles. The maximum atomic E-state index is 6.20. The van der Waals surface area contributed by atoms with Gasteiger partial charge in [0.25, 0.3) is 0 Å². The van der Waals surface area contributed by atoms with Crippen LogP contribution in [-0.2, 0) is 6.42 Å². The molecule has 1 aromatic carbocycles. The summed E-state index contributed by atoms with van der Waals surface area (Å²) in [6, 6.07) is 3.71. The van der Waals surface area contributed by atoms with E-state index in [1.807, 2.05) is 6.07 Å². The predicted molar refractivity (Wildman–Crippen MR) is 74.9 cm³/mol.